The summed E-state index contributed by atoms with van der Waals surface area (Å²) in [5.74, 6) is 0.811. The minimum Gasteiger partial charge on any atom is -0.388 e. The molecule has 27 heavy (non-hydrogen) atoms. The summed E-state index contributed by atoms with van der Waals surface area (Å²) < 4.78 is 0. The van der Waals surface area contributed by atoms with E-state index in [0.717, 1.165) is 13.0 Å². The molecule has 0 spiro atoms. The number of hydrogen-bond donors (Lipinski definition) is 1. The highest BCUT2D eigenvalue weighted by atomic mass is 32.1. The van der Waals surface area contributed by atoms with E-state index >= 15 is 0 Å². The smallest absolute Gasteiger partial charge is 0.207 e. The molecular weight excluding hydrogens is 352 g/mol. The maximum Gasteiger partial charge on any atom is 0.207 e. The third-order valence-corrected chi connectivity index (χ3v) is 6.02. The predicted octanol–water partition coefficient (Wildman–Crippen LogP) is 5.37. The number of rotatable bonds is 6. The zero-order valence-corrected chi connectivity index (χ0v) is 16.2. The van der Waals surface area contributed by atoms with Crippen LogP contribution in [0.5, 0.6) is 0 Å². The number of benzene rings is 2. The molecule has 4 rings (SSSR count). The van der Waals surface area contributed by atoms with E-state index in [2.05, 4.69) is 79.7 Å². The number of thiophene rings is 1. The van der Waals surface area contributed by atoms with Crippen molar-refractivity contribution < 1.29 is 4.84 Å². The molecule has 2 aromatic carbocycles. The summed E-state index contributed by atoms with van der Waals surface area (Å²) in [6.45, 7) is 2.93. The van der Waals surface area contributed by atoms with Gasteiger partial charge in [0.25, 0.3) is 0 Å². The van der Waals surface area contributed by atoms with E-state index < -0.39 is 0 Å². The van der Waals surface area contributed by atoms with Gasteiger partial charge in [-0.1, -0.05) is 60.7 Å². The minimum atomic E-state index is 0.0934. The molecule has 0 aliphatic carbocycles. The van der Waals surface area contributed by atoms with E-state index in [9.17, 15) is 0 Å². The Kier molecular flexibility index (Phi) is 5.28. The van der Waals surface area contributed by atoms with Gasteiger partial charge in [0, 0.05) is 28.3 Å². The summed E-state index contributed by atoms with van der Waals surface area (Å²) in [7, 11) is 0. The zero-order chi connectivity index (χ0) is 18.6. The molecule has 1 atom stereocenters. The Bertz CT molecular complexity index is 865. The molecule has 0 saturated carbocycles. The summed E-state index contributed by atoms with van der Waals surface area (Å²) in [6, 6.07) is 25.8. The Labute approximate surface area is 164 Å². The molecule has 3 nitrogen and oxygen atoms in total. The second-order valence-corrected chi connectivity index (χ2v) is 8.18. The van der Waals surface area contributed by atoms with Crippen molar-refractivity contribution in [2.75, 3.05) is 6.54 Å². The lowest BCUT2D eigenvalue weighted by molar-refractivity contribution is -0.120. The van der Waals surface area contributed by atoms with Crippen LogP contribution in [-0.4, -0.2) is 11.6 Å². The van der Waals surface area contributed by atoms with Crippen molar-refractivity contribution >= 4 is 11.3 Å². The van der Waals surface area contributed by atoms with E-state index in [-0.39, 0.29) is 6.04 Å². The van der Waals surface area contributed by atoms with E-state index in [1.807, 2.05) is 11.1 Å². The third kappa shape index (κ3) is 4.07. The Hall–Kier alpha value is -2.56. The summed E-state index contributed by atoms with van der Waals surface area (Å²) >= 11 is 1.80. The lowest BCUT2D eigenvalue weighted by Gasteiger charge is -2.25. The molecule has 1 aromatic heterocycles. The molecule has 1 unspecified atom stereocenters. The molecule has 2 N–H and O–H groups in total. The zero-order valence-electron chi connectivity index (χ0n) is 15.4. The first-order valence-electron chi connectivity index (χ1n) is 9.29. The highest BCUT2D eigenvalue weighted by Gasteiger charge is 2.29. The lowest BCUT2D eigenvalue weighted by atomic mass is 9.88. The number of nitrogens with zero attached hydrogens (tertiary/aromatic N) is 1. The topological polar surface area (TPSA) is 38.5 Å². The van der Waals surface area contributed by atoms with Gasteiger partial charge in [0.2, 0.25) is 5.88 Å². The van der Waals surface area contributed by atoms with Crippen molar-refractivity contribution in [3.05, 3.63) is 106 Å². The van der Waals surface area contributed by atoms with E-state index in [0.29, 0.717) is 11.8 Å². The van der Waals surface area contributed by atoms with Crippen LogP contribution in [0.4, 0.5) is 0 Å². The molecule has 3 aromatic rings. The number of hydroxylamine groups is 2. The molecule has 138 valence electrons. The van der Waals surface area contributed by atoms with Gasteiger partial charge in [-0.3, -0.25) is 0 Å². The summed E-state index contributed by atoms with van der Waals surface area (Å²) in [4.78, 5) is 8.41. The minimum absolute atomic E-state index is 0.0934. The first-order valence-corrected chi connectivity index (χ1v) is 10.1. The summed E-state index contributed by atoms with van der Waals surface area (Å²) in [6.07, 6.45) is 2.96. The fraction of sp³-hybridized carbons (Fsp3) is 0.217. The van der Waals surface area contributed by atoms with E-state index in [4.69, 9.17) is 10.6 Å². The molecule has 1 aliphatic heterocycles. The molecule has 0 radical (unpaired) electrons. The highest BCUT2D eigenvalue weighted by molar-refractivity contribution is 7.12. The number of nitrogens with two attached hydrogens (primary N) is 1. The van der Waals surface area contributed by atoms with Gasteiger partial charge >= 0.3 is 0 Å². The average molecular weight is 377 g/mol. The summed E-state index contributed by atoms with van der Waals surface area (Å²) in [5, 5.41) is 2.01. The van der Waals surface area contributed by atoms with Gasteiger partial charge in [-0.2, -0.15) is 0 Å². The summed E-state index contributed by atoms with van der Waals surface area (Å²) in [5.41, 5.74) is 8.64. The van der Waals surface area contributed by atoms with Crippen molar-refractivity contribution in [2.24, 2.45) is 5.73 Å². The van der Waals surface area contributed by atoms with Crippen LogP contribution < -0.4 is 5.73 Å². The predicted molar refractivity (Wildman–Crippen MR) is 111 cm³/mol. The van der Waals surface area contributed by atoms with Crippen LogP contribution in [0.15, 0.2) is 84.8 Å². The van der Waals surface area contributed by atoms with Crippen molar-refractivity contribution in [1.29, 1.82) is 0 Å². The molecule has 2 heterocycles. The molecule has 0 fully saturated rings. The maximum atomic E-state index is 5.99. The fourth-order valence-electron chi connectivity index (χ4n) is 3.64. The van der Waals surface area contributed by atoms with Crippen molar-refractivity contribution in [1.82, 2.24) is 5.06 Å². The van der Waals surface area contributed by atoms with Crippen LogP contribution in [0, 0.1) is 6.92 Å². The Morgan fingerprint density at radius 1 is 0.963 bits per heavy atom. The molecule has 1 aliphatic rings. The Morgan fingerprint density at radius 3 is 2.15 bits per heavy atom. The molecule has 4 heteroatoms. The monoisotopic (exact) mass is 376 g/mol. The van der Waals surface area contributed by atoms with Gasteiger partial charge in [-0.25, -0.2) is 0 Å². The second-order valence-electron chi connectivity index (χ2n) is 6.86. The highest BCUT2D eigenvalue weighted by Crippen LogP contribution is 2.36. The van der Waals surface area contributed by atoms with E-state index in [1.54, 1.807) is 11.3 Å². The van der Waals surface area contributed by atoms with E-state index in [1.165, 1.54) is 20.9 Å². The third-order valence-electron chi connectivity index (χ3n) is 4.95. The van der Waals surface area contributed by atoms with Gasteiger partial charge in [0.15, 0.2) is 0 Å². The lowest BCUT2D eigenvalue weighted by Crippen LogP contribution is -2.25. The second kappa shape index (κ2) is 7.99. The average Bonchev–Trinajstić information content (AvgIpc) is 3.29. The van der Waals surface area contributed by atoms with Crippen molar-refractivity contribution in [2.45, 2.75) is 25.3 Å². The van der Waals surface area contributed by atoms with Crippen LogP contribution in [0.3, 0.4) is 0 Å². The maximum absolute atomic E-state index is 5.99. The van der Waals surface area contributed by atoms with Crippen molar-refractivity contribution in [3.63, 3.8) is 0 Å². The van der Waals surface area contributed by atoms with Gasteiger partial charge in [0.05, 0.1) is 0 Å². The van der Waals surface area contributed by atoms with Crippen LogP contribution in [-0.2, 0) is 4.84 Å². The molecule has 0 bridgehead atoms. The number of hydrogen-bond acceptors (Lipinski definition) is 4. The van der Waals surface area contributed by atoms with Crippen LogP contribution in [0.1, 0.15) is 39.3 Å². The first-order chi connectivity index (χ1) is 13.2. The van der Waals surface area contributed by atoms with Gasteiger partial charge < -0.3 is 10.6 Å². The fourth-order valence-corrected chi connectivity index (χ4v) is 4.59. The molecular formula is C23H24N2OS. The quantitative estimate of drug-likeness (QED) is 0.629. The normalized spacial score (nSPS) is 17.1. The largest absolute Gasteiger partial charge is 0.388 e. The SMILES string of the molecule is Cc1ccc(C2C=C(N)ON2CCC(c2ccccc2)c2ccccc2)s1. The Morgan fingerprint density at radius 2 is 1.59 bits per heavy atom. The molecule has 0 amide bonds. The number of aryl methyl sites for hydroxylation is 1. The first kappa shape index (κ1) is 17.8. The van der Waals surface area contributed by atoms with Crippen LogP contribution in [0.25, 0.3) is 0 Å². The van der Waals surface area contributed by atoms with Crippen molar-refractivity contribution in [3.8, 4) is 0 Å². The molecule has 0 saturated heterocycles. The standard InChI is InChI=1S/C23H24N2OS/c1-17-12-13-22(27-17)21-16-23(24)26-25(21)15-14-20(18-8-4-2-5-9-18)19-10-6-3-7-11-19/h2-13,16,20-21H,14-15,24H2,1H3. The van der Waals surface area contributed by atoms with Crippen LogP contribution in [0.2, 0.25) is 0 Å². The van der Waals surface area contributed by atoms with Crippen LogP contribution >= 0.6 is 11.3 Å². The Balaban J connectivity index is 1.54. The van der Waals surface area contributed by atoms with Gasteiger partial charge in [0.1, 0.15) is 6.04 Å². The van der Waals surface area contributed by atoms with Gasteiger partial charge in [-0.15, -0.1) is 16.4 Å². The van der Waals surface area contributed by atoms with Gasteiger partial charge in [-0.05, 0) is 36.6 Å².